The van der Waals surface area contributed by atoms with Gasteiger partial charge >= 0.3 is 0 Å². The first kappa shape index (κ1) is 11.8. The van der Waals surface area contributed by atoms with Gasteiger partial charge in [0.1, 0.15) is 0 Å². The highest BCUT2D eigenvalue weighted by atomic mass is 19.3. The molecule has 0 aromatic rings. The zero-order valence-corrected chi connectivity index (χ0v) is 8.16. The number of hydrogen-bond acceptors (Lipinski definition) is 1. The molecule has 0 amide bonds. The van der Waals surface area contributed by atoms with Crippen LogP contribution in [0.3, 0.4) is 0 Å². The molecule has 0 bridgehead atoms. The van der Waals surface area contributed by atoms with Crippen LogP contribution in [0.2, 0.25) is 0 Å². The molecule has 1 heterocycles. The lowest BCUT2D eigenvalue weighted by Gasteiger charge is -2.21. The summed E-state index contributed by atoms with van der Waals surface area (Å²) in [6.07, 6.45) is 0.0139. The van der Waals surface area contributed by atoms with Gasteiger partial charge in [0.25, 0.3) is 5.92 Å². The quantitative estimate of drug-likeness (QED) is 0.603. The van der Waals surface area contributed by atoms with Gasteiger partial charge in [0.15, 0.2) is 0 Å². The third-order valence-electron chi connectivity index (χ3n) is 1.34. The Morgan fingerprint density at radius 1 is 1.08 bits per heavy atom. The van der Waals surface area contributed by atoms with E-state index >= 15 is 0 Å². The van der Waals surface area contributed by atoms with Crippen LogP contribution in [0.1, 0.15) is 33.6 Å². The van der Waals surface area contributed by atoms with E-state index in [4.69, 9.17) is 0 Å². The second-order valence-corrected chi connectivity index (χ2v) is 3.84. The normalized spacial score (nSPS) is 21.5. The van der Waals surface area contributed by atoms with Gasteiger partial charge < -0.3 is 5.32 Å². The number of alkyl halides is 2. The molecular weight excluding hydrogens is 160 g/mol. The van der Waals surface area contributed by atoms with E-state index in [1.54, 1.807) is 0 Å². The molecule has 1 saturated heterocycles. The molecule has 0 saturated carbocycles. The highest BCUT2D eigenvalue weighted by molar-refractivity contribution is 4.73. The summed E-state index contributed by atoms with van der Waals surface area (Å²) >= 11 is 0. The second kappa shape index (κ2) is 5.46. The highest BCUT2D eigenvalue weighted by Crippen LogP contribution is 2.23. The van der Waals surface area contributed by atoms with Gasteiger partial charge in [0, 0.05) is 25.9 Å². The van der Waals surface area contributed by atoms with Crippen LogP contribution >= 0.6 is 0 Å². The van der Waals surface area contributed by atoms with Gasteiger partial charge in [0.05, 0.1) is 0 Å². The van der Waals surface area contributed by atoms with Crippen LogP contribution in [0, 0.1) is 5.92 Å². The van der Waals surface area contributed by atoms with Crippen molar-refractivity contribution in [3.63, 3.8) is 0 Å². The smallest absolute Gasteiger partial charge is 0.250 e. The van der Waals surface area contributed by atoms with Gasteiger partial charge in [-0.3, -0.25) is 0 Å². The molecule has 12 heavy (non-hydrogen) atoms. The van der Waals surface area contributed by atoms with E-state index in [9.17, 15) is 8.78 Å². The first-order chi connectivity index (χ1) is 5.44. The first-order valence-corrected chi connectivity index (χ1v) is 4.52. The second-order valence-electron chi connectivity index (χ2n) is 3.84. The van der Waals surface area contributed by atoms with E-state index in [2.05, 4.69) is 26.1 Å². The van der Waals surface area contributed by atoms with Crippen molar-refractivity contribution in [2.24, 2.45) is 5.92 Å². The number of hydrogen-bond donors (Lipinski definition) is 1. The van der Waals surface area contributed by atoms with Gasteiger partial charge in [-0.05, 0) is 5.92 Å². The summed E-state index contributed by atoms with van der Waals surface area (Å²) in [5.41, 5.74) is 0. The van der Waals surface area contributed by atoms with Crippen molar-refractivity contribution in [3.8, 4) is 0 Å². The maximum Gasteiger partial charge on any atom is 0.250 e. The third kappa shape index (κ3) is 7.92. The average Bonchev–Trinajstić information content (AvgIpc) is 1.85. The lowest BCUT2D eigenvalue weighted by molar-refractivity contribution is -0.0274. The predicted molar refractivity (Wildman–Crippen MR) is 47.6 cm³/mol. The molecule has 74 valence electrons. The van der Waals surface area contributed by atoms with E-state index < -0.39 is 5.92 Å². The van der Waals surface area contributed by atoms with Crippen molar-refractivity contribution in [2.75, 3.05) is 13.1 Å². The molecule has 0 atom stereocenters. The minimum atomic E-state index is -2.38. The Hall–Kier alpha value is -0.180. The largest absolute Gasteiger partial charge is 0.316 e. The number of nitrogens with one attached hydrogen (secondary N) is 1. The van der Waals surface area contributed by atoms with Crippen LogP contribution in [0.5, 0.6) is 0 Å². The summed E-state index contributed by atoms with van der Waals surface area (Å²) in [7, 11) is 0. The lowest BCUT2D eigenvalue weighted by atomic mass is 10.1. The molecule has 0 aromatic heterocycles. The van der Waals surface area contributed by atoms with Crippen molar-refractivity contribution >= 4 is 0 Å². The average molecular weight is 179 g/mol. The molecule has 0 aliphatic carbocycles. The molecule has 3 heteroatoms. The summed E-state index contributed by atoms with van der Waals surface area (Å²) in [4.78, 5) is 0. The van der Waals surface area contributed by atoms with Gasteiger partial charge in [-0.15, -0.1) is 0 Å². The van der Waals surface area contributed by atoms with Crippen molar-refractivity contribution in [1.29, 1.82) is 0 Å². The predicted octanol–water partition coefficient (Wildman–Crippen LogP) is 2.67. The summed E-state index contributed by atoms with van der Waals surface area (Å²) in [5.74, 6) is -1.55. The fourth-order valence-electron chi connectivity index (χ4n) is 0.793. The zero-order valence-electron chi connectivity index (χ0n) is 8.16. The fourth-order valence-corrected chi connectivity index (χ4v) is 0.793. The Morgan fingerprint density at radius 3 is 1.58 bits per heavy atom. The molecule has 1 N–H and O–H groups in total. The molecule has 1 fully saturated rings. The molecule has 1 nitrogen and oxygen atoms in total. The third-order valence-corrected chi connectivity index (χ3v) is 1.34. The van der Waals surface area contributed by atoms with Crippen molar-refractivity contribution in [3.05, 3.63) is 0 Å². The van der Waals surface area contributed by atoms with Gasteiger partial charge in [-0.1, -0.05) is 20.8 Å². The minimum absolute atomic E-state index is 0.00694. The van der Waals surface area contributed by atoms with Crippen LogP contribution in [0.4, 0.5) is 8.78 Å². The van der Waals surface area contributed by atoms with Gasteiger partial charge in [-0.25, -0.2) is 8.78 Å². The monoisotopic (exact) mass is 179 g/mol. The zero-order chi connectivity index (χ0) is 9.61. The van der Waals surface area contributed by atoms with Gasteiger partial charge in [-0.2, -0.15) is 0 Å². The van der Waals surface area contributed by atoms with Crippen molar-refractivity contribution < 1.29 is 8.78 Å². The Kier molecular flexibility index (Phi) is 5.38. The van der Waals surface area contributed by atoms with Crippen molar-refractivity contribution in [2.45, 2.75) is 39.5 Å². The van der Waals surface area contributed by atoms with E-state index in [1.807, 2.05) is 0 Å². The molecule has 0 radical (unpaired) electrons. The SMILES string of the molecule is CC(C)C.FC1(F)CCNCC1. The van der Waals surface area contributed by atoms with Gasteiger partial charge in [0.2, 0.25) is 0 Å². The van der Waals surface area contributed by atoms with E-state index in [0.29, 0.717) is 13.1 Å². The summed E-state index contributed by atoms with van der Waals surface area (Å²) < 4.78 is 24.3. The van der Waals surface area contributed by atoms with Crippen molar-refractivity contribution in [1.82, 2.24) is 5.32 Å². The molecular formula is C9H19F2N. The van der Waals surface area contributed by atoms with Crippen LogP contribution in [-0.2, 0) is 0 Å². The van der Waals surface area contributed by atoms with E-state index in [-0.39, 0.29) is 12.8 Å². The first-order valence-electron chi connectivity index (χ1n) is 4.52. The Labute approximate surface area is 73.5 Å². The molecule has 1 aliphatic rings. The lowest BCUT2D eigenvalue weighted by Crippen LogP contribution is -2.35. The number of piperidine rings is 1. The Balaban J connectivity index is 0.000000261. The number of rotatable bonds is 0. The van der Waals surface area contributed by atoms with E-state index in [1.165, 1.54) is 0 Å². The molecule has 0 unspecified atom stereocenters. The molecule has 1 rings (SSSR count). The summed E-state index contributed by atoms with van der Waals surface area (Å²) in [5, 5.41) is 2.86. The highest BCUT2D eigenvalue weighted by Gasteiger charge is 2.30. The molecule has 1 aliphatic heterocycles. The Morgan fingerprint density at radius 2 is 1.42 bits per heavy atom. The number of halogens is 2. The Bertz CT molecular complexity index is 102. The maximum atomic E-state index is 12.2. The molecule has 0 spiro atoms. The summed E-state index contributed by atoms with van der Waals surface area (Å²) in [6, 6.07) is 0. The van der Waals surface area contributed by atoms with E-state index in [0.717, 1.165) is 5.92 Å². The van der Waals surface area contributed by atoms with Crippen LogP contribution in [0.25, 0.3) is 0 Å². The van der Waals surface area contributed by atoms with Crippen LogP contribution in [-0.4, -0.2) is 19.0 Å². The fraction of sp³-hybridized carbons (Fsp3) is 1.00. The topological polar surface area (TPSA) is 12.0 Å². The van der Waals surface area contributed by atoms with Crippen LogP contribution in [0.15, 0.2) is 0 Å². The molecule has 0 aromatic carbocycles. The summed E-state index contributed by atoms with van der Waals surface area (Å²) in [6.45, 7) is 7.43. The standard InChI is InChI=1S/C5H9F2N.C4H10/c6-5(7)1-3-8-4-2-5;1-4(2)3/h8H,1-4H2;4H,1-3H3. The van der Waals surface area contributed by atoms with Crippen LogP contribution < -0.4 is 5.32 Å². The maximum absolute atomic E-state index is 12.2. The minimum Gasteiger partial charge on any atom is -0.316 e.